The number of rotatable bonds is 8. The molecule has 0 bridgehead atoms. The third-order valence-corrected chi connectivity index (χ3v) is 3.03. The molecule has 0 aromatic rings. The van der Waals surface area contributed by atoms with E-state index in [0.29, 0.717) is 5.92 Å². The molecule has 0 aromatic carbocycles. The molecule has 2 unspecified atom stereocenters. The average Bonchev–Trinajstić information content (AvgIpc) is 2.23. The van der Waals surface area contributed by atoms with Gasteiger partial charge in [-0.05, 0) is 12.3 Å². The molecule has 0 spiro atoms. The van der Waals surface area contributed by atoms with E-state index in [4.69, 9.17) is 10.6 Å². The van der Waals surface area contributed by atoms with Crippen LogP contribution in [-0.2, 0) is 4.74 Å². The molecule has 0 radical (unpaired) electrons. The fourth-order valence-corrected chi connectivity index (χ4v) is 2.07. The van der Waals surface area contributed by atoms with Crippen LogP contribution in [0.2, 0.25) is 0 Å². The van der Waals surface area contributed by atoms with Crippen LogP contribution in [-0.4, -0.2) is 19.3 Å². The largest absolute Gasteiger partial charge is 0.380 e. The smallest absolute Gasteiger partial charge is 0.0740 e. The lowest BCUT2D eigenvalue weighted by atomic mass is 9.89. The second kappa shape index (κ2) is 8.21. The van der Waals surface area contributed by atoms with Crippen molar-refractivity contribution in [1.29, 1.82) is 0 Å². The quantitative estimate of drug-likeness (QED) is 0.468. The molecule has 0 saturated heterocycles. The summed E-state index contributed by atoms with van der Waals surface area (Å²) in [6.07, 6.45) is 4.75. The summed E-state index contributed by atoms with van der Waals surface area (Å²) in [6.45, 7) is 6.58. The molecule has 3 heteroatoms. The Labute approximate surface area is 88.4 Å². The molecule has 0 aromatic heterocycles. The SMILES string of the molecule is CCCC(OC)C(NN)C(CC)CC. The maximum absolute atomic E-state index is 5.60. The third kappa shape index (κ3) is 3.95. The van der Waals surface area contributed by atoms with Crippen LogP contribution in [0.4, 0.5) is 0 Å². The number of ether oxygens (including phenoxy) is 1. The fourth-order valence-electron chi connectivity index (χ4n) is 2.07. The van der Waals surface area contributed by atoms with Crippen LogP contribution in [0.15, 0.2) is 0 Å². The molecule has 0 fully saturated rings. The zero-order chi connectivity index (χ0) is 11.0. The van der Waals surface area contributed by atoms with Crippen LogP contribution in [0.1, 0.15) is 46.5 Å². The summed E-state index contributed by atoms with van der Waals surface area (Å²) in [5, 5.41) is 0. The second-order valence-corrected chi connectivity index (χ2v) is 3.83. The molecule has 86 valence electrons. The Morgan fingerprint density at radius 1 is 1.21 bits per heavy atom. The zero-order valence-corrected chi connectivity index (χ0v) is 10.0. The summed E-state index contributed by atoms with van der Waals surface area (Å²) in [4.78, 5) is 0. The van der Waals surface area contributed by atoms with Gasteiger partial charge < -0.3 is 4.74 Å². The highest BCUT2D eigenvalue weighted by Crippen LogP contribution is 2.19. The normalized spacial score (nSPS) is 15.9. The lowest BCUT2D eigenvalue weighted by Gasteiger charge is -2.31. The van der Waals surface area contributed by atoms with Gasteiger partial charge in [0.2, 0.25) is 0 Å². The monoisotopic (exact) mass is 202 g/mol. The Morgan fingerprint density at radius 3 is 2.07 bits per heavy atom. The lowest BCUT2D eigenvalue weighted by molar-refractivity contribution is 0.0387. The predicted octanol–water partition coefficient (Wildman–Crippen LogP) is 2.07. The molecule has 0 rings (SSSR count). The van der Waals surface area contributed by atoms with E-state index >= 15 is 0 Å². The molecule has 3 nitrogen and oxygen atoms in total. The summed E-state index contributed by atoms with van der Waals surface area (Å²) in [6, 6.07) is 0.287. The first-order valence-electron chi connectivity index (χ1n) is 5.73. The topological polar surface area (TPSA) is 47.3 Å². The number of hydrogen-bond donors (Lipinski definition) is 2. The van der Waals surface area contributed by atoms with Crippen molar-refractivity contribution < 1.29 is 4.74 Å². The van der Waals surface area contributed by atoms with Crippen LogP contribution < -0.4 is 11.3 Å². The third-order valence-electron chi connectivity index (χ3n) is 3.03. The average molecular weight is 202 g/mol. The fraction of sp³-hybridized carbons (Fsp3) is 1.00. The summed E-state index contributed by atoms with van der Waals surface area (Å²) < 4.78 is 5.49. The first kappa shape index (κ1) is 13.9. The Morgan fingerprint density at radius 2 is 1.79 bits per heavy atom. The van der Waals surface area contributed by atoms with Gasteiger partial charge in [0.05, 0.1) is 12.1 Å². The van der Waals surface area contributed by atoms with Gasteiger partial charge in [-0.3, -0.25) is 11.3 Å². The minimum absolute atomic E-state index is 0.245. The Bertz CT molecular complexity index is 126. The van der Waals surface area contributed by atoms with Crippen molar-refractivity contribution in [2.24, 2.45) is 11.8 Å². The highest BCUT2D eigenvalue weighted by molar-refractivity contribution is 4.80. The van der Waals surface area contributed by atoms with E-state index in [1.165, 1.54) is 0 Å². The highest BCUT2D eigenvalue weighted by Gasteiger charge is 2.25. The van der Waals surface area contributed by atoms with Gasteiger partial charge in [0.15, 0.2) is 0 Å². The van der Waals surface area contributed by atoms with Gasteiger partial charge in [-0.15, -0.1) is 0 Å². The number of nitrogens with two attached hydrogens (primary N) is 1. The molecule has 0 saturated carbocycles. The lowest BCUT2D eigenvalue weighted by Crippen LogP contribution is -2.49. The molecule has 14 heavy (non-hydrogen) atoms. The Hall–Kier alpha value is -0.120. The van der Waals surface area contributed by atoms with Crippen molar-refractivity contribution in [3.63, 3.8) is 0 Å². The molecule has 2 atom stereocenters. The van der Waals surface area contributed by atoms with Gasteiger partial charge in [-0.2, -0.15) is 0 Å². The van der Waals surface area contributed by atoms with E-state index < -0.39 is 0 Å². The van der Waals surface area contributed by atoms with Crippen LogP contribution in [0.3, 0.4) is 0 Å². The van der Waals surface area contributed by atoms with Crippen LogP contribution in [0.25, 0.3) is 0 Å². The second-order valence-electron chi connectivity index (χ2n) is 3.83. The van der Waals surface area contributed by atoms with E-state index in [9.17, 15) is 0 Å². The van der Waals surface area contributed by atoms with Crippen LogP contribution >= 0.6 is 0 Å². The van der Waals surface area contributed by atoms with Crippen molar-refractivity contribution in [1.82, 2.24) is 5.43 Å². The van der Waals surface area contributed by atoms with Gasteiger partial charge in [-0.1, -0.05) is 40.0 Å². The summed E-state index contributed by atoms with van der Waals surface area (Å²) in [5.74, 6) is 6.21. The van der Waals surface area contributed by atoms with Crippen molar-refractivity contribution >= 4 is 0 Å². The summed E-state index contributed by atoms with van der Waals surface area (Å²) in [7, 11) is 1.77. The molecule has 0 amide bonds. The summed E-state index contributed by atoms with van der Waals surface area (Å²) >= 11 is 0. The molecule has 0 aliphatic rings. The van der Waals surface area contributed by atoms with E-state index in [1.54, 1.807) is 7.11 Å². The van der Waals surface area contributed by atoms with Gasteiger partial charge in [0.1, 0.15) is 0 Å². The molecule has 3 N–H and O–H groups in total. The summed E-state index contributed by atoms with van der Waals surface area (Å²) in [5.41, 5.74) is 2.91. The highest BCUT2D eigenvalue weighted by atomic mass is 16.5. The van der Waals surface area contributed by atoms with Crippen LogP contribution in [0, 0.1) is 5.92 Å². The molecular formula is C11H26N2O. The maximum atomic E-state index is 5.60. The first-order valence-corrected chi connectivity index (χ1v) is 5.73. The van der Waals surface area contributed by atoms with Crippen molar-refractivity contribution in [2.45, 2.75) is 58.6 Å². The predicted molar refractivity (Wildman–Crippen MR) is 60.9 cm³/mol. The van der Waals surface area contributed by atoms with E-state index in [-0.39, 0.29) is 12.1 Å². The molecular weight excluding hydrogens is 176 g/mol. The first-order chi connectivity index (χ1) is 6.74. The standard InChI is InChI=1S/C11H26N2O/c1-5-8-10(14-4)11(13-12)9(6-2)7-3/h9-11,13H,5-8,12H2,1-4H3. The number of hydrazine groups is 1. The van der Waals surface area contributed by atoms with Gasteiger partial charge in [0, 0.05) is 7.11 Å². The van der Waals surface area contributed by atoms with Crippen molar-refractivity contribution in [3.05, 3.63) is 0 Å². The van der Waals surface area contributed by atoms with Crippen molar-refractivity contribution in [3.8, 4) is 0 Å². The minimum Gasteiger partial charge on any atom is -0.380 e. The molecule has 0 aliphatic heterocycles. The number of nitrogens with one attached hydrogen (secondary N) is 1. The van der Waals surface area contributed by atoms with Crippen LogP contribution in [0.5, 0.6) is 0 Å². The minimum atomic E-state index is 0.245. The number of methoxy groups -OCH3 is 1. The van der Waals surface area contributed by atoms with Gasteiger partial charge >= 0.3 is 0 Å². The maximum Gasteiger partial charge on any atom is 0.0740 e. The Kier molecular flexibility index (Phi) is 8.14. The molecule has 0 aliphatic carbocycles. The van der Waals surface area contributed by atoms with E-state index in [1.807, 2.05) is 0 Å². The van der Waals surface area contributed by atoms with Crippen molar-refractivity contribution in [2.75, 3.05) is 7.11 Å². The number of hydrogen-bond acceptors (Lipinski definition) is 3. The Balaban J connectivity index is 4.31. The molecule has 0 heterocycles. The van der Waals surface area contributed by atoms with Gasteiger partial charge in [0.25, 0.3) is 0 Å². The van der Waals surface area contributed by atoms with E-state index in [0.717, 1.165) is 25.7 Å². The van der Waals surface area contributed by atoms with Gasteiger partial charge in [-0.25, -0.2) is 0 Å². The zero-order valence-electron chi connectivity index (χ0n) is 10.0. The van der Waals surface area contributed by atoms with E-state index in [2.05, 4.69) is 26.2 Å².